The Hall–Kier alpha value is -3.82. The second-order valence-electron chi connectivity index (χ2n) is 10.3. The lowest BCUT2D eigenvalue weighted by Crippen LogP contribution is -2.38. The Kier molecular flexibility index (Phi) is 7.87. The van der Waals surface area contributed by atoms with Crippen LogP contribution >= 0.6 is 0 Å². The van der Waals surface area contributed by atoms with Crippen molar-refractivity contribution >= 4 is 32.6 Å². The average molecular weight is 562 g/mol. The van der Waals surface area contributed by atoms with Gasteiger partial charge in [0.2, 0.25) is 10.0 Å². The van der Waals surface area contributed by atoms with E-state index in [0.717, 1.165) is 27.6 Å². The number of H-pyrrole nitrogens is 1. The summed E-state index contributed by atoms with van der Waals surface area (Å²) >= 11 is 0. The fraction of sp³-hybridized carbons (Fsp3) is 0.290. The number of aromatic amines is 1. The van der Waals surface area contributed by atoms with Crippen LogP contribution in [0.15, 0.2) is 66.9 Å². The van der Waals surface area contributed by atoms with E-state index in [0.29, 0.717) is 49.0 Å². The number of hydrogen-bond acceptors (Lipinski definition) is 4. The summed E-state index contributed by atoms with van der Waals surface area (Å²) in [7, 11) is -3.22. The van der Waals surface area contributed by atoms with E-state index in [2.05, 4.69) is 4.98 Å². The molecule has 1 fully saturated rings. The Bertz CT molecular complexity index is 1670. The molecule has 7 nitrogen and oxygen atoms in total. The number of aromatic nitrogens is 1. The van der Waals surface area contributed by atoms with Crippen molar-refractivity contribution in [2.24, 2.45) is 5.73 Å². The predicted octanol–water partition coefficient (Wildman–Crippen LogP) is 5.42. The van der Waals surface area contributed by atoms with Gasteiger partial charge in [0.15, 0.2) is 5.78 Å². The van der Waals surface area contributed by atoms with Crippen LogP contribution in [0, 0.1) is 5.82 Å². The second kappa shape index (κ2) is 11.3. The first-order chi connectivity index (χ1) is 19.2. The van der Waals surface area contributed by atoms with Gasteiger partial charge in [0.05, 0.1) is 16.8 Å². The molecule has 0 spiro atoms. The highest BCUT2D eigenvalue weighted by Crippen LogP contribution is 2.37. The molecule has 208 valence electrons. The highest BCUT2D eigenvalue weighted by Gasteiger charge is 2.29. The number of ketones is 1. The van der Waals surface area contributed by atoms with Gasteiger partial charge in [-0.05, 0) is 90.8 Å². The van der Waals surface area contributed by atoms with Crippen LogP contribution in [-0.4, -0.2) is 48.2 Å². The topological polar surface area (TPSA) is 113 Å². The van der Waals surface area contributed by atoms with Gasteiger partial charge in [0.25, 0.3) is 5.91 Å². The largest absolute Gasteiger partial charge is 0.366 e. The minimum atomic E-state index is -3.22. The summed E-state index contributed by atoms with van der Waals surface area (Å²) in [4.78, 5) is 28.3. The molecule has 9 heteroatoms. The van der Waals surface area contributed by atoms with Gasteiger partial charge < -0.3 is 10.7 Å². The lowest BCUT2D eigenvalue weighted by atomic mass is 9.88. The quantitative estimate of drug-likeness (QED) is 0.266. The van der Waals surface area contributed by atoms with Crippen molar-refractivity contribution in [1.29, 1.82) is 0 Å². The zero-order valence-corrected chi connectivity index (χ0v) is 23.1. The van der Waals surface area contributed by atoms with Gasteiger partial charge in [0.1, 0.15) is 5.82 Å². The molecule has 3 N–H and O–H groups in total. The fourth-order valence-electron chi connectivity index (χ4n) is 5.52. The van der Waals surface area contributed by atoms with Gasteiger partial charge >= 0.3 is 0 Å². The first-order valence-electron chi connectivity index (χ1n) is 13.5. The van der Waals surface area contributed by atoms with Gasteiger partial charge in [0, 0.05) is 36.7 Å². The van der Waals surface area contributed by atoms with Crippen molar-refractivity contribution in [2.75, 3.05) is 18.8 Å². The zero-order chi connectivity index (χ0) is 28.4. The number of halogens is 1. The van der Waals surface area contributed by atoms with Crippen molar-refractivity contribution in [3.05, 3.63) is 94.9 Å². The molecule has 2 heterocycles. The van der Waals surface area contributed by atoms with Crippen molar-refractivity contribution < 1.29 is 22.4 Å². The van der Waals surface area contributed by atoms with Crippen LogP contribution in [0.1, 0.15) is 63.9 Å². The van der Waals surface area contributed by atoms with Crippen LogP contribution in [0.25, 0.3) is 22.0 Å². The normalized spacial score (nSPS) is 14.9. The van der Waals surface area contributed by atoms with Crippen molar-refractivity contribution in [3.63, 3.8) is 0 Å². The monoisotopic (exact) mass is 561 g/mol. The first kappa shape index (κ1) is 27.7. The summed E-state index contributed by atoms with van der Waals surface area (Å²) in [5, 5.41) is 0.903. The molecule has 0 aliphatic carbocycles. The number of fused-ring (bicyclic) bond motifs is 1. The second-order valence-corrected chi connectivity index (χ2v) is 12.5. The van der Waals surface area contributed by atoms with Crippen LogP contribution in [0.5, 0.6) is 0 Å². The number of piperidine rings is 1. The number of nitrogens with zero attached hydrogens (tertiary/aromatic N) is 1. The predicted molar refractivity (Wildman–Crippen MR) is 154 cm³/mol. The van der Waals surface area contributed by atoms with E-state index in [1.165, 1.54) is 24.3 Å². The molecule has 0 atom stereocenters. The van der Waals surface area contributed by atoms with E-state index in [1.54, 1.807) is 17.3 Å². The molecule has 4 aromatic rings. The number of benzene rings is 3. The van der Waals surface area contributed by atoms with E-state index in [4.69, 9.17) is 5.73 Å². The minimum Gasteiger partial charge on any atom is -0.366 e. The first-order valence-corrected chi connectivity index (χ1v) is 15.1. The Morgan fingerprint density at radius 3 is 2.42 bits per heavy atom. The highest BCUT2D eigenvalue weighted by molar-refractivity contribution is 7.89. The van der Waals surface area contributed by atoms with Crippen molar-refractivity contribution in [2.45, 2.75) is 38.5 Å². The number of nitrogens with two attached hydrogens (primary N) is 1. The van der Waals surface area contributed by atoms with Crippen molar-refractivity contribution in [3.8, 4) is 11.1 Å². The number of primary amides is 1. The van der Waals surface area contributed by atoms with E-state index in [1.807, 2.05) is 36.5 Å². The maximum absolute atomic E-state index is 13.2. The molecule has 1 amide bonds. The third-order valence-electron chi connectivity index (χ3n) is 7.81. The van der Waals surface area contributed by atoms with Gasteiger partial charge in [-0.25, -0.2) is 17.1 Å². The standard InChI is InChI=1S/C31H32FN3O4S/c1-2-40(38,39)35-14-12-21(13-15-35)28-19-34-30-26(28)17-24(18-27(30)31(33)37)23-5-3-4-20(16-23)6-11-29(36)22-7-9-25(32)10-8-22/h3-5,7-10,16-19,21,34H,2,6,11-15H2,1H3,(H2,33,37). The highest BCUT2D eigenvalue weighted by atomic mass is 32.2. The number of rotatable bonds is 9. The Morgan fingerprint density at radius 2 is 1.75 bits per heavy atom. The number of carbonyl (C=O) groups is 2. The molecular formula is C31H32FN3O4S. The van der Waals surface area contributed by atoms with E-state index in [-0.39, 0.29) is 29.7 Å². The van der Waals surface area contributed by atoms with Crippen LogP contribution in [0.3, 0.4) is 0 Å². The van der Waals surface area contributed by atoms with Gasteiger partial charge in [-0.2, -0.15) is 0 Å². The number of Topliss-reactive ketones (excluding diaryl/α,β-unsaturated/α-hetero) is 1. The third kappa shape index (κ3) is 5.71. The summed E-state index contributed by atoms with van der Waals surface area (Å²) in [6.07, 6.45) is 4.10. The maximum Gasteiger partial charge on any atom is 0.250 e. The number of sulfonamides is 1. The molecule has 1 aliphatic rings. The molecular weight excluding hydrogens is 529 g/mol. The average Bonchev–Trinajstić information content (AvgIpc) is 3.40. The number of hydrogen-bond donors (Lipinski definition) is 2. The zero-order valence-electron chi connectivity index (χ0n) is 22.3. The number of carbonyl (C=O) groups excluding carboxylic acids is 2. The van der Waals surface area contributed by atoms with E-state index >= 15 is 0 Å². The summed E-state index contributed by atoms with van der Waals surface area (Å²) < 4.78 is 39.4. The third-order valence-corrected chi connectivity index (χ3v) is 9.69. The van der Waals surface area contributed by atoms with E-state index in [9.17, 15) is 22.4 Å². The van der Waals surface area contributed by atoms with Gasteiger partial charge in [-0.3, -0.25) is 9.59 Å². The summed E-state index contributed by atoms with van der Waals surface area (Å²) in [6.45, 7) is 2.59. The fourth-order valence-corrected chi connectivity index (χ4v) is 6.66. The minimum absolute atomic E-state index is 0.0578. The molecule has 5 rings (SSSR count). The van der Waals surface area contributed by atoms with Crippen LogP contribution in [0.4, 0.5) is 4.39 Å². The van der Waals surface area contributed by atoms with Crippen LogP contribution in [-0.2, 0) is 16.4 Å². The molecule has 0 unspecified atom stereocenters. The molecule has 0 radical (unpaired) electrons. The summed E-state index contributed by atoms with van der Waals surface area (Å²) in [6, 6.07) is 17.2. The molecule has 0 bridgehead atoms. The Morgan fingerprint density at radius 1 is 1.02 bits per heavy atom. The molecule has 1 aromatic heterocycles. The number of aryl methyl sites for hydroxylation is 1. The summed E-state index contributed by atoms with van der Waals surface area (Å²) in [5.41, 5.74) is 11.1. The Labute approximate surface area is 233 Å². The summed E-state index contributed by atoms with van der Waals surface area (Å²) in [5.74, 6) is -0.730. The molecule has 40 heavy (non-hydrogen) atoms. The maximum atomic E-state index is 13.2. The lowest BCUT2D eigenvalue weighted by molar-refractivity contribution is 0.0979. The van der Waals surface area contributed by atoms with Gasteiger partial charge in [-0.15, -0.1) is 0 Å². The number of nitrogens with one attached hydrogen (secondary N) is 1. The van der Waals surface area contributed by atoms with E-state index < -0.39 is 15.9 Å². The van der Waals surface area contributed by atoms with Crippen molar-refractivity contribution in [1.82, 2.24) is 9.29 Å². The Balaban J connectivity index is 1.41. The van der Waals surface area contributed by atoms with Crippen LogP contribution in [0.2, 0.25) is 0 Å². The molecule has 1 aliphatic heterocycles. The smallest absolute Gasteiger partial charge is 0.250 e. The molecule has 3 aromatic carbocycles. The SMILES string of the molecule is CCS(=O)(=O)N1CCC(c2c[nH]c3c(C(N)=O)cc(-c4cccc(CCC(=O)c5ccc(F)cc5)c4)cc23)CC1. The number of amides is 1. The lowest BCUT2D eigenvalue weighted by Gasteiger charge is -2.31. The molecule has 1 saturated heterocycles. The molecule has 0 saturated carbocycles. The van der Waals surface area contributed by atoms with Gasteiger partial charge in [-0.1, -0.05) is 24.3 Å². The van der Waals surface area contributed by atoms with Crippen LogP contribution < -0.4 is 5.73 Å².